The quantitative estimate of drug-likeness (QED) is 0.858. The summed E-state index contributed by atoms with van der Waals surface area (Å²) in [7, 11) is -2.60. The molecule has 8 nitrogen and oxygen atoms in total. The van der Waals surface area contributed by atoms with Crippen molar-refractivity contribution >= 4 is 21.8 Å². The van der Waals surface area contributed by atoms with Crippen molar-refractivity contribution in [2.75, 3.05) is 7.05 Å². The summed E-state index contributed by atoms with van der Waals surface area (Å²) in [5, 5.41) is 7.21. The largest absolute Gasteiger partial charge is 0.348 e. The Morgan fingerprint density at radius 1 is 1.31 bits per heavy atom. The van der Waals surface area contributed by atoms with Crippen LogP contribution in [-0.4, -0.2) is 47.2 Å². The zero-order valence-corrected chi connectivity index (χ0v) is 16.2. The second-order valence-corrected chi connectivity index (χ2v) is 8.35. The molecule has 1 N–H and O–H groups in total. The van der Waals surface area contributed by atoms with E-state index in [0.717, 1.165) is 35.7 Å². The SMILES string of the molecule is CCn1ncc(C2=NS(=O)(=O)N(C)C(C(=O)NC3CCCCC3)=C2)c1C. The molecule has 0 atom stereocenters. The molecule has 9 heteroatoms. The van der Waals surface area contributed by atoms with Crippen molar-refractivity contribution in [3.8, 4) is 0 Å². The number of rotatable bonds is 4. The minimum atomic E-state index is -3.95. The van der Waals surface area contributed by atoms with Crippen LogP contribution in [0.25, 0.3) is 0 Å². The molecule has 0 spiro atoms. The molecule has 1 fully saturated rings. The molecule has 1 aromatic heterocycles. The predicted octanol–water partition coefficient (Wildman–Crippen LogP) is 1.52. The first-order chi connectivity index (χ1) is 12.3. The van der Waals surface area contributed by atoms with Crippen LogP contribution in [0, 0.1) is 6.92 Å². The molecule has 26 heavy (non-hydrogen) atoms. The fraction of sp³-hybridized carbons (Fsp3) is 0.588. The van der Waals surface area contributed by atoms with E-state index < -0.39 is 10.2 Å². The first-order valence-electron chi connectivity index (χ1n) is 8.97. The Morgan fingerprint density at radius 2 is 2.00 bits per heavy atom. The second kappa shape index (κ2) is 7.22. The number of aryl methyl sites for hydroxylation is 1. The van der Waals surface area contributed by atoms with Gasteiger partial charge < -0.3 is 5.32 Å². The Hall–Kier alpha value is -2.16. The number of likely N-dealkylation sites (N-methyl/N-ethyl adjacent to an activating group) is 1. The fourth-order valence-electron chi connectivity index (χ4n) is 3.42. The van der Waals surface area contributed by atoms with Crippen LogP contribution in [-0.2, 0) is 21.5 Å². The molecule has 1 amide bonds. The maximum absolute atomic E-state index is 12.7. The minimum absolute atomic E-state index is 0.0872. The van der Waals surface area contributed by atoms with Crippen LogP contribution < -0.4 is 5.32 Å². The molecule has 0 saturated heterocycles. The van der Waals surface area contributed by atoms with Crippen LogP contribution in [0.1, 0.15) is 50.3 Å². The lowest BCUT2D eigenvalue weighted by atomic mass is 9.95. The second-order valence-electron chi connectivity index (χ2n) is 6.72. The third kappa shape index (κ3) is 3.53. The van der Waals surface area contributed by atoms with Crippen LogP contribution in [0.4, 0.5) is 0 Å². The summed E-state index contributed by atoms with van der Waals surface area (Å²) < 4.78 is 31.5. The molecule has 142 valence electrons. The van der Waals surface area contributed by atoms with Crippen molar-refractivity contribution in [3.63, 3.8) is 0 Å². The first-order valence-corrected chi connectivity index (χ1v) is 10.4. The summed E-state index contributed by atoms with van der Waals surface area (Å²) in [6.07, 6.45) is 8.33. The maximum atomic E-state index is 12.7. The zero-order chi connectivity index (χ0) is 18.9. The van der Waals surface area contributed by atoms with Gasteiger partial charge >= 0.3 is 10.2 Å². The number of nitrogens with one attached hydrogen (secondary N) is 1. The van der Waals surface area contributed by atoms with Crippen LogP contribution in [0.15, 0.2) is 22.4 Å². The molecule has 2 aliphatic rings. The third-order valence-electron chi connectivity index (χ3n) is 5.02. The summed E-state index contributed by atoms with van der Waals surface area (Å²) >= 11 is 0. The van der Waals surface area contributed by atoms with Gasteiger partial charge in [-0.25, -0.2) is 4.31 Å². The standard InChI is InChI=1S/C17H25N5O3S/c1-4-22-12(2)14(11-18-22)15-10-16(21(3)26(24,25)20-15)17(23)19-13-8-6-5-7-9-13/h10-11,13H,4-9H2,1-3H3,(H,19,23). The molecule has 0 aromatic carbocycles. The molecule has 1 aliphatic heterocycles. The van der Waals surface area contributed by atoms with E-state index >= 15 is 0 Å². The van der Waals surface area contributed by atoms with E-state index in [0.29, 0.717) is 12.1 Å². The highest BCUT2D eigenvalue weighted by atomic mass is 32.2. The van der Waals surface area contributed by atoms with Gasteiger partial charge in [0.15, 0.2) is 0 Å². The summed E-state index contributed by atoms with van der Waals surface area (Å²) in [5.41, 5.74) is 1.76. The first kappa shape index (κ1) is 18.6. The molecule has 1 aliphatic carbocycles. The molecular formula is C17H25N5O3S. The van der Waals surface area contributed by atoms with Gasteiger partial charge in [0, 0.05) is 30.9 Å². The van der Waals surface area contributed by atoms with Gasteiger partial charge in [0.05, 0.1) is 11.9 Å². The van der Waals surface area contributed by atoms with Gasteiger partial charge in [0.25, 0.3) is 5.91 Å². The Kier molecular flexibility index (Phi) is 5.17. The summed E-state index contributed by atoms with van der Waals surface area (Å²) in [6, 6.07) is 0.0974. The molecule has 0 unspecified atom stereocenters. The molecule has 0 bridgehead atoms. The molecule has 1 aromatic rings. The van der Waals surface area contributed by atoms with E-state index in [-0.39, 0.29) is 23.4 Å². The molecule has 2 heterocycles. The van der Waals surface area contributed by atoms with Gasteiger partial charge in [-0.05, 0) is 32.8 Å². The van der Waals surface area contributed by atoms with Crippen LogP contribution in [0.2, 0.25) is 0 Å². The van der Waals surface area contributed by atoms with E-state index in [2.05, 4.69) is 14.8 Å². The lowest BCUT2D eigenvalue weighted by molar-refractivity contribution is -0.119. The highest BCUT2D eigenvalue weighted by Gasteiger charge is 2.32. The van der Waals surface area contributed by atoms with E-state index in [9.17, 15) is 13.2 Å². The van der Waals surface area contributed by atoms with Crippen molar-refractivity contribution < 1.29 is 13.2 Å². The average molecular weight is 379 g/mol. The van der Waals surface area contributed by atoms with Crippen molar-refractivity contribution in [1.82, 2.24) is 19.4 Å². The highest BCUT2D eigenvalue weighted by molar-refractivity contribution is 7.88. The van der Waals surface area contributed by atoms with Crippen LogP contribution in [0.5, 0.6) is 0 Å². The third-order valence-corrected chi connectivity index (χ3v) is 6.34. The summed E-state index contributed by atoms with van der Waals surface area (Å²) in [6.45, 7) is 4.48. The van der Waals surface area contributed by atoms with Gasteiger partial charge in [-0.2, -0.15) is 13.5 Å². The molecular weight excluding hydrogens is 354 g/mol. The van der Waals surface area contributed by atoms with E-state index in [1.165, 1.54) is 19.5 Å². The minimum Gasteiger partial charge on any atom is -0.348 e. The number of carbonyl (C=O) groups excluding carboxylic acids is 1. The van der Waals surface area contributed by atoms with Gasteiger partial charge in [0.2, 0.25) is 0 Å². The Labute approximate surface area is 154 Å². The number of carbonyl (C=O) groups is 1. The molecule has 0 radical (unpaired) electrons. The van der Waals surface area contributed by atoms with E-state index in [1.54, 1.807) is 10.9 Å². The number of amides is 1. The van der Waals surface area contributed by atoms with Crippen molar-refractivity contribution in [2.24, 2.45) is 4.40 Å². The van der Waals surface area contributed by atoms with Crippen molar-refractivity contribution in [1.29, 1.82) is 0 Å². The van der Waals surface area contributed by atoms with Gasteiger partial charge in [0.1, 0.15) is 5.70 Å². The van der Waals surface area contributed by atoms with E-state index in [4.69, 9.17) is 0 Å². The van der Waals surface area contributed by atoms with E-state index in [1.807, 2.05) is 13.8 Å². The fourth-order valence-corrected chi connectivity index (χ4v) is 4.32. The monoisotopic (exact) mass is 379 g/mol. The Balaban J connectivity index is 1.92. The normalized spacial score (nSPS) is 20.5. The van der Waals surface area contributed by atoms with Gasteiger partial charge in [-0.1, -0.05) is 19.3 Å². The maximum Gasteiger partial charge on any atom is 0.345 e. The predicted molar refractivity (Wildman–Crippen MR) is 99.0 cm³/mol. The molecule has 1 saturated carbocycles. The Morgan fingerprint density at radius 3 is 2.62 bits per heavy atom. The highest BCUT2D eigenvalue weighted by Crippen LogP contribution is 2.23. The number of hydrogen-bond donors (Lipinski definition) is 1. The average Bonchev–Trinajstić information content (AvgIpc) is 2.98. The number of allylic oxidation sites excluding steroid dienone is 1. The lowest BCUT2D eigenvalue weighted by Crippen LogP contribution is -2.43. The zero-order valence-electron chi connectivity index (χ0n) is 15.4. The van der Waals surface area contributed by atoms with Gasteiger partial charge in [-0.3, -0.25) is 9.48 Å². The molecule has 3 rings (SSSR count). The van der Waals surface area contributed by atoms with Crippen LogP contribution in [0.3, 0.4) is 0 Å². The smallest absolute Gasteiger partial charge is 0.345 e. The summed E-state index contributed by atoms with van der Waals surface area (Å²) in [4.78, 5) is 12.7. The Bertz CT molecular complexity index is 863. The van der Waals surface area contributed by atoms with Crippen LogP contribution >= 0.6 is 0 Å². The number of aromatic nitrogens is 2. The van der Waals surface area contributed by atoms with Crippen molar-refractivity contribution in [2.45, 2.75) is 58.5 Å². The number of hydrogen-bond acceptors (Lipinski definition) is 4. The number of nitrogens with zero attached hydrogens (tertiary/aromatic N) is 4. The lowest BCUT2D eigenvalue weighted by Gasteiger charge is -2.27. The van der Waals surface area contributed by atoms with Crippen molar-refractivity contribution in [3.05, 3.63) is 29.2 Å². The topological polar surface area (TPSA) is 96.7 Å². The van der Waals surface area contributed by atoms with Gasteiger partial charge in [-0.15, -0.1) is 4.40 Å². The summed E-state index contributed by atoms with van der Waals surface area (Å²) in [5.74, 6) is -0.379.